The van der Waals surface area contributed by atoms with Crippen molar-refractivity contribution in [1.29, 1.82) is 0 Å². The van der Waals surface area contributed by atoms with E-state index in [0.717, 1.165) is 12.8 Å². The van der Waals surface area contributed by atoms with Gasteiger partial charge in [-0.05, 0) is 13.3 Å². The minimum absolute atomic E-state index is 0.0793. The van der Waals surface area contributed by atoms with Gasteiger partial charge in [-0.25, -0.2) is 9.36 Å². The molecule has 0 heterocycles. The molecule has 2 atom stereocenters. The van der Waals surface area contributed by atoms with Gasteiger partial charge in [-0.2, -0.15) is 0 Å². The summed E-state index contributed by atoms with van der Waals surface area (Å²) in [7, 11) is 1.63. The van der Waals surface area contributed by atoms with Crippen molar-refractivity contribution in [2.45, 2.75) is 110 Å². The van der Waals surface area contributed by atoms with E-state index in [1.54, 1.807) is 13.0 Å². The minimum atomic E-state index is -4.24. The summed E-state index contributed by atoms with van der Waals surface area (Å²) in [6.45, 7) is 4.97. The van der Waals surface area contributed by atoms with Crippen molar-refractivity contribution in [2.24, 2.45) is 0 Å². The number of phosphoric acid groups is 1. The van der Waals surface area contributed by atoms with Gasteiger partial charge in [0, 0.05) is 12.7 Å². The van der Waals surface area contributed by atoms with Crippen molar-refractivity contribution in [3.63, 3.8) is 0 Å². The van der Waals surface area contributed by atoms with Gasteiger partial charge in [0.2, 0.25) is 0 Å². The highest BCUT2D eigenvalue weighted by molar-refractivity contribution is 7.47. The molecule has 0 saturated carbocycles. The first kappa shape index (κ1) is 36.2. The zero-order valence-corrected chi connectivity index (χ0v) is 25.4. The molecule has 37 heavy (non-hydrogen) atoms. The summed E-state index contributed by atoms with van der Waals surface area (Å²) >= 11 is 0. The van der Waals surface area contributed by atoms with Gasteiger partial charge in [0.05, 0.1) is 34.4 Å². The van der Waals surface area contributed by atoms with Crippen LogP contribution in [0.1, 0.15) is 104 Å². The predicted molar refractivity (Wildman–Crippen MR) is 150 cm³/mol. The van der Waals surface area contributed by atoms with Crippen molar-refractivity contribution in [3.05, 3.63) is 12.2 Å². The Kier molecular flexibility index (Phi) is 22.7. The van der Waals surface area contributed by atoms with E-state index in [9.17, 15) is 14.3 Å². The quantitative estimate of drug-likeness (QED) is 0.0416. The van der Waals surface area contributed by atoms with Crippen LogP contribution in [0.25, 0.3) is 0 Å². The molecule has 1 unspecified atom stereocenters. The van der Waals surface area contributed by atoms with Crippen LogP contribution in [0, 0.1) is 0 Å². The van der Waals surface area contributed by atoms with Crippen LogP contribution in [0.4, 0.5) is 0 Å². The molecular formula is C28H57NO7P+. The first-order valence-corrected chi connectivity index (χ1v) is 15.9. The van der Waals surface area contributed by atoms with Crippen LogP contribution in [0.3, 0.4) is 0 Å². The molecule has 0 radical (unpaired) electrons. The van der Waals surface area contributed by atoms with E-state index in [4.69, 9.17) is 18.5 Å². The van der Waals surface area contributed by atoms with Gasteiger partial charge < -0.3 is 18.9 Å². The highest BCUT2D eigenvalue weighted by Gasteiger charge is 2.26. The average Bonchev–Trinajstić information content (AvgIpc) is 2.81. The van der Waals surface area contributed by atoms with Gasteiger partial charge in [-0.15, -0.1) is 0 Å². The third-order valence-electron chi connectivity index (χ3n) is 5.97. The van der Waals surface area contributed by atoms with Gasteiger partial charge >= 0.3 is 13.8 Å². The molecule has 0 aliphatic heterocycles. The summed E-state index contributed by atoms with van der Waals surface area (Å²) in [5.41, 5.74) is 0. The number of unbranched alkanes of at least 4 members (excludes halogenated alkanes) is 13. The molecule has 0 saturated heterocycles. The number of quaternary nitrogens is 1. The number of esters is 1. The molecule has 0 bridgehead atoms. The first-order chi connectivity index (χ1) is 17.6. The second kappa shape index (κ2) is 23.2. The number of carbonyl (C=O) groups excluding carboxylic acids is 1. The standard InChI is InChI=1S/C28H56NO7P/c1-6-8-9-10-11-12-13-14-15-16-17-18-19-20-23-33-25-27(36-28(30)21-7-2)26-35-37(31,32)34-24-22-29(3,4)5/h7,21,27H,6,8-20,22-26H2,1-5H3/p+1/b21-7+/t27-/m1/s1. The number of carbonyl (C=O) groups is 1. The monoisotopic (exact) mass is 550 g/mol. The molecule has 0 aromatic rings. The molecule has 9 heteroatoms. The Hall–Kier alpha value is -0.760. The van der Waals surface area contributed by atoms with Crippen LogP contribution in [-0.2, 0) is 27.9 Å². The van der Waals surface area contributed by atoms with Gasteiger partial charge in [0.25, 0.3) is 0 Å². The van der Waals surface area contributed by atoms with Gasteiger partial charge in [-0.1, -0.05) is 96.5 Å². The molecule has 0 amide bonds. The molecule has 1 N–H and O–H groups in total. The van der Waals surface area contributed by atoms with E-state index in [-0.39, 0.29) is 19.8 Å². The number of likely N-dealkylation sites (N-methyl/N-ethyl adjacent to an activating group) is 1. The maximum Gasteiger partial charge on any atom is 0.472 e. The maximum absolute atomic E-state index is 12.1. The highest BCUT2D eigenvalue weighted by Crippen LogP contribution is 2.43. The second-order valence-electron chi connectivity index (χ2n) is 10.8. The Bertz CT molecular complexity index is 622. The number of phosphoric ester groups is 1. The summed E-state index contributed by atoms with van der Waals surface area (Å²) in [5.74, 6) is -0.546. The zero-order chi connectivity index (χ0) is 27.8. The smallest absolute Gasteiger partial charge is 0.454 e. The fourth-order valence-electron chi connectivity index (χ4n) is 3.71. The molecule has 0 fully saturated rings. The normalized spacial score (nSPS) is 14.6. The Balaban J connectivity index is 3.98. The lowest BCUT2D eigenvalue weighted by molar-refractivity contribution is -0.870. The van der Waals surface area contributed by atoms with Crippen LogP contribution in [0.5, 0.6) is 0 Å². The SMILES string of the molecule is C/C=C/C(=O)O[C@H](COCCCCCCCCCCCCCCCC)COP(=O)(O)OCC[N+](C)(C)C. The molecular weight excluding hydrogens is 493 g/mol. The summed E-state index contributed by atoms with van der Waals surface area (Å²) in [4.78, 5) is 21.8. The van der Waals surface area contributed by atoms with Crippen molar-refractivity contribution in [2.75, 3.05) is 54.1 Å². The van der Waals surface area contributed by atoms with E-state index in [0.29, 0.717) is 17.6 Å². The number of hydrogen-bond donors (Lipinski definition) is 1. The number of hydrogen-bond acceptors (Lipinski definition) is 6. The molecule has 220 valence electrons. The minimum Gasteiger partial charge on any atom is -0.454 e. The fourth-order valence-corrected chi connectivity index (χ4v) is 4.46. The molecule has 0 aliphatic rings. The molecule has 0 rings (SSSR count). The number of allylic oxidation sites excluding steroid dienone is 1. The Labute approximate surface area is 227 Å². The van der Waals surface area contributed by atoms with Crippen LogP contribution >= 0.6 is 7.82 Å². The fraction of sp³-hybridized carbons (Fsp3) is 0.893. The van der Waals surface area contributed by atoms with Crippen molar-refractivity contribution in [3.8, 4) is 0 Å². The molecule has 0 aliphatic carbocycles. The van der Waals surface area contributed by atoms with Gasteiger partial charge in [-0.3, -0.25) is 9.05 Å². The summed E-state index contributed by atoms with van der Waals surface area (Å²) in [6, 6.07) is 0. The maximum atomic E-state index is 12.1. The van der Waals surface area contributed by atoms with E-state index < -0.39 is 19.9 Å². The van der Waals surface area contributed by atoms with E-state index in [1.807, 2.05) is 21.1 Å². The molecule has 8 nitrogen and oxygen atoms in total. The van der Waals surface area contributed by atoms with E-state index >= 15 is 0 Å². The topological polar surface area (TPSA) is 91.3 Å². The van der Waals surface area contributed by atoms with Crippen molar-refractivity contribution >= 4 is 13.8 Å². The number of rotatable bonds is 26. The largest absolute Gasteiger partial charge is 0.472 e. The summed E-state index contributed by atoms with van der Waals surface area (Å²) in [5, 5.41) is 0. The lowest BCUT2D eigenvalue weighted by Crippen LogP contribution is -2.37. The van der Waals surface area contributed by atoms with E-state index in [1.165, 1.54) is 83.1 Å². The Morgan fingerprint density at radius 2 is 1.32 bits per heavy atom. The third-order valence-corrected chi connectivity index (χ3v) is 6.96. The lowest BCUT2D eigenvalue weighted by Gasteiger charge is -2.24. The number of ether oxygens (including phenoxy) is 2. The zero-order valence-electron chi connectivity index (χ0n) is 24.5. The molecule has 0 aromatic carbocycles. The lowest BCUT2D eigenvalue weighted by atomic mass is 10.0. The van der Waals surface area contributed by atoms with Crippen LogP contribution in [-0.4, -0.2) is 75.6 Å². The number of nitrogens with zero attached hydrogens (tertiary/aromatic N) is 1. The van der Waals surface area contributed by atoms with Crippen molar-refractivity contribution < 1.29 is 37.3 Å². The predicted octanol–water partition coefficient (Wildman–Crippen LogP) is 6.81. The Morgan fingerprint density at radius 3 is 1.81 bits per heavy atom. The summed E-state index contributed by atoms with van der Waals surface area (Å²) < 4.78 is 33.8. The molecule has 0 spiro atoms. The molecule has 0 aromatic heterocycles. The third kappa shape index (κ3) is 26.6. The highest BCUT2D eigenvalue weighted by atomic mass is 31.2. The van der Waals surface area contributed by atoms with Crippen LogP contribution in [0.2, 0.25) is 0 Å². The van der Waals surface area contributed by atoms with Crippen LogP contribution < -0.4 is 0 Å². The van der Waals surface area contributed by atoms with Crippen LogP contribution in [0.15, 0.2) is 12.2 Å². The average molecular weight is 551 g/mol. The first-order valence-electron chi connectivity index (χ1n) is 14.4. The van der Waals surface area contributed by atoms with E-state index in [2.05, 4.69) is 6.92 Å². The Morgan fingerprint density at radius 1 is 0.811 bits per heavy atom. The summed E-state index contributed by atoms with van der Waals surface area (Å²) in [6.07, 6.45) is 20.2. The van der Waals surface area contributed by atoms with Gasteiger partial charge in [0.15, 0.2) is 0 Å². The second-order valence-corrected chi connectivity index (χ2v) is 12.3. The van der Waals surface area contributed by atoms with Gasteiger partial charge in [0.1, 0.15) is 19.3 Å². The van der Waals surface area contributed by atoms with Crippen molar-refractivity contribution in [1.82, 2.24) is 0 Å².